The van der Waals surface area contributed by atoms with E-state index in [0.717, 1.165) is 23.4 Å². The minimum atomic E-state index is -4.83. The average molecular weight is 591 g/mol. The first-order chi connectivity index (χ1) is 20.0. The molecule has 0 saturated heterocycles. The van der Waals surface area contributed by atoms with Crippen LogP contribution in [-0.4, -0.2) is 23.8 Å². The molecule has 214 valence electrons. The number of alkyl halides is 3. The smallest absolute Gasteiger partial charge is 0.417 e. The van der Waals surface area contributed by atoms with Gasteiger partial charge in [-0.2, -0.15) is 23.7 Å². The molecular formula is C31H25F3N4O3S. The van der Waals surface area contributed by atoms with E-state index in [2.05, 4.69) is 4.98 Å². The molecule has 0 bridgehead atoms. The number of methoxy groups -OCH3 is 1. The number of ether oxygens (including phenoxy) is 2. The van der Waals surface area contributed by atoms with Crippen molar-refractivity contribution in [3.8, 4) is 23.4 Å². The van der Waals surface area contributed by atoms with Crippen molar-refractivity contribution >= 4 is 17.7 Å². The molecule has 2 heterocycles. The number of thioether (sulfide) groups is 1. The largest absolute Gasteiger partial charge is 0.466 e. The highest BCUT2D eigenvalue weighted by atomic mass is 32.2. The van der Waals surface area contributed by atoms with Gasteiger partial charge in [-0.3, -0.25) is 0 Å². The van der Waals surface area contributed by atoms with Crippen molar-refractivity contribution in [1.82, 2.24) is 4.98 Å². The lowest BCUT2D eigenvalue weighted by molar-refractivity contribution is -0.138. The fraction of sp³-hybridized carbons (Fsp3) is 0.226. The van der Waals surface area contributed by atoms with E-state index in [-0.39, 0.29) is 45.2 Å². The zero-order valence-corrected chi connectivity index (χ0v) is 23.6. The van der Waals surface area contributed by atoms with Gasteiger partial charge >= 0.3 is 12.1 Å². The van der Waals surface area contributed by atoms with Crippen LogP contribution in [0.1, 0.15) is 47.9 Å². The number of carbonyl (C=O) groups excluding carboxylic acids is 1. The van der Waals surface area contributed by atoms with Gasteiger partial charge in [-0.05, 0) is 23.1 Å². The van der Waals surface area contributed by atoms with Gasteiger partial charge in [0, 0.05) is 5.56 Å². The van der Waals surface area contributed by atoms with Crippen molar-refractivity contribution in [3.05, 3.63) is 106 Å². The molecule has 0 spiro atoms. The molecule has 4 rings (SSSR count). The summed E-state index contributed by atoms with van der Waals surface area (Å²) in [6.07, 6.45) is -4.83. The number of nitrogens with zero attached hydrogens (tertiary/aromatic N) is 3. The first-order valence-corrected chi connectivity index (χ1v) is 13.7. The molecule has 2 aromatic carbocycles. The number of esters is 1. The first-order valence-electron chi connectivity index (χ1n) is 12.7. The molecule has 0 radical (unpaired) electrons. The zero-order valence-electron chi connectivity index (χ0n) is 22.8. The van der Waals surface area contributed by atoms with Crippen LogP contribution >= 0.6 is 11.8 Å². The standard InChI is InChI=1S/C31H25F3N4O3S/c1-17(2)18-9-11-20(12-10-18)26-22(15-36)28(37)41-25(27(26)30(39)40-3)16-42-29-21(14-35)23(31(32,33)34)13-24(38-29)19-7-5-4-6-8-19/h4-13,17,26H,16,37H2,1-3H3. The molecular weight excluding hydrogens is 565 g/mol. The second kappa shape index (κ2) is 12.4. The van der Waals surface area contributed by atoms with E-state index in [0.29, 0.717) is 11.1 Å². The second-order valence-corrected chi connectivity index (χ2v) is 10.5. The van der Waals surface area contributed by atoms with Crippen molar-refractivity contribution in [2.45, 2.75) is 36.9 Å². The highest BCUT2D eigenvalue weighted by Crippen LogP contribution is 2.43. The second-order valence-electron chi connectivity index (χ2n) is 9.57. The highest BCUT2D eigenvalue weighted by molar-refractivity contribution is 7.99. The summed E-state index contributed by atoms with van der Waals surface area (Å²) in [5, 5.41) is 19.4. The number of allylic oxidation sites excluding steroid dienone is 1. The lowest BCUT2D eigenvalue weighted by Gasteiger charge is -2.28. The Bertz CT molecular complexity index is 1650. The Hall–Kier alpha value is -4.74. The fourth-order valence-corrected chi connectivity index (χ4v) is 5.46. The van der Waals surface area contributed by atoms with Crippen LogP contribution in [0.2, 0.25) is 0 Å². The Labute approximate surface area is 245 Å². The summed E-state index contributed by atoms with van der Waals surface area (Å²) in [5.41, 5.74) is 6.34. The molecule has 1 aromatic heterocycles. The molecule has 0 saturated carbocycles. The van der Waals surface area contributed by atoms with Crippen molar-refractivity contribution in [1.29, 1.82) is 10.5 Å². The molecule has 0 amide bonds. The molecule has 42 heavy (non-hydrogen) atoms. The van der Waals surface area contributed by atoms with Crippen molar-refractivity contribution in [2.75, 3.05) is 12.9 Å². The average Bonchev–Trinajstić information content (AvgIpc) is 2.98. The van der Waals surface area contributed by atoms with E-state index in [9.17, 15) is 28.5 Å². The van der Waals surface area contributed by atoms with E-state index in [1.165, 1.54) is 7.11 Å². The third kappa shape index (κ3) is 6.12. The maximum Gasteiger partial charge on any atom is 0.417 e. The zero-order chi connectivity index (χ0) is 30.6. The van der Waals surface area contributed by atoms with Gasteiger partial charge in [-0.15, -0.1) is 0 Å². The van der Waals surface area contributed by atoms with E-state index in [1.54, 1.807) is 48.5 Å². The lowest BCUT2D eigenvalue weighted by atomic mass is 9.82. The molecule has 1 unspecified atom stereocenters. The van der Waals surface area contributed by atoms with Gasteiger partial charge in [0.2, 0.25) is 5.88 Å². The number of carbonyl (C=O) groups is 1. The number of pyridine rings is 1. The predicted molar refractivity (Wildman–Crippen MR) is 150 cm³/mol. The number of nitrogens with two attached hydrogens (primary N) is 1. The van der Waals surface area contributed by atoms with Gasteiger partial charge in [0.05, 0.1) is 41.2 Å². The Balaban J connectivity index is 1.83. The molecule has 3 aromatic rings. The van der Waals surface area contributed by atoms with E-state index in [1.807, 2.05) is 32.0 Å². The number of halogens is 3. The predicted octanol–water partition coefficient (Wildman–Crippen LogP) is 6.79. The van der Waals surface area contributed by atoms with Crippen molar-refractivity contribution in [2.24, 2.45) is 5.73 Å². The highest BCUT2D eigenvalue weighted by Gasteiger charge is 2.39. The van der Waals surface area contributed by atoms with Crippen LogP contribution in [0.3, 0.4) is 0 Å². The number of hydrogen-bond donors (Lipinski definition) is 1. The normalized spacial score (nSPS) is 15.2. The third-order valence-corrected chi connectivity index (χ3v) is 7.63. The van der Waals surface area contributed by atoms with Crippen molar-refractivity contribution in [3.63, 3.8) is 0 Å². The number of rotatable bonds is 7. The number of benzene rings is 2. The minimum Gasteiger partial charge on any atom is -0.466 e. The Morgan fingerprint density at radius 1 is 1.12 bits per heavy atom. The number of nitriles is 2. The molecule has 1 aliphatic heterocycles. The molecule has 1 atom stereocenters. The van der Waals surface area contributed by atoms with Gasteiger partial charge in [0.1, 0.15) is 28.5 Å². The van der Waals surface area contributed by atoms with Crippen LogP contribution in [0.5, 0.6) is 0 Å². The molecule has 0 aliphatic carbocycles. The van der Waals surface area contributed by atoms with Crippen LogP contribution in [0.25, 0.3) is 11.3 Å². The van der Waals surface area contributed by atoms with Crippen LogP contribution in [0.15, 0.2) is 88.5 Å². The van der Waals surface area contributed by atoms with Gasteiger partial charge in [-0.1, -0.05) is 80.2 Å². The topological polar surface area (TPSA) is 122 Å². The van der Waals surface area contributed by atoms with Gasteiger partial charge < -0.3 is 15.2 Å². The van der Waals surface area contributed by atoms with Gasteiger partial charge in [0.15, 0.2) is 0 Å². The summed E-state index contributed by atoms with van der Waals surface area (Å²) in [6, 6.07) is 20.0. The maximum absolute atomic E-state index is 14.0. The van der Waals surface area contributed by atoms with E-state index < -0.39 is 29.2 Å². The first kappa shape index (κ1) is 30.2. The minimum absolute atomic E-state index is 0.0114. The van der Waals surface area contributed by atoms with Gasteiger partial charge in [0.25, 0.3) is 0 Å². The van der Waals surface area contributed by atoms with Crippen LogP contribution in [0.4, 0.5) is 13.2 Å². The number of aromatic nitrogens is 1. The number of hydrogen-bond acceptors (Lipinski definition) is 8. The Morgan fingerprint density at radius 3 is 2.33 bits per heavy atom. The van der Waals surface area contributed by atoms with Crippen LogP contribution in [-0.2, 0) is 20.4 Å². The molecule has 11 heteroatoms. The van der Waals surface area contributed by atoms with E-state index >= 15 is 0 Å². The van der Waals surface area contributed by atoms with Gasteiger partial charge in [-0.25, -0.2) is 9.78 Å². The van der Waals surface area contributed by atoms with Crippen molar-refractivity contribution < 1.29 is 27.4 Å². The monoisotopic (exact) mass is 590 g/mol. The quantitative estimate of drug-likeness (QED) is 0.236. The summed E-state index contributed by atoms with van der Waals surface area (Å²) in [6.45, 7) is 4.05. The summed E-state index contributed by atoms with van der Waals surface area (Å²) >= 11 is 0.778. The lowest BCUT2D eigenvalue weighted by Crippen LogP contribution is -2.26. The molecule has 0 fully saturated rings. The van der Waals surface area contributed by atoms with Crippen LogP contribution in [0, 0.1) is 22.7 Å². The molecule has 7 nitrogen and oxygen atoms in total. The molecule has 2 N–H and O–H groups in total. The Morgan fingerprint density at radius 2 is 1.79 bits per heavy atom. The molecule has 1 aliphatic rings. The fourth-order valence-electron chi connectivity index (χ4n) is 4.51. The summed E-state index contributed by atoms with van der Waals surface area (Å²) in [7, 11) is 1.17. The third-order valence-electron chi connectivity index (χ3n) is 6.65. The Kier molecular flexibility index (Phi) is 8.93. The van der Waals surface area contributed by atoms with Crippen LogP contribution < -0.4 is 5.73 Å². The maximum atomic E-state index is 14.0. The summed E-state index contributed by atoms with van der Waals surface area (Å²) < 4.78 is 52.8. The summed E-state index contributed by atoms with van der Waals surface area (Å²) in [5.74, 6) is -2.01. The van der Waals surface area contributed by atoms with E-state index in [4.69, 9.17) is 15.2 Å². The summed E-state index contributed by atoms with van der Waals surface area (Å²) in [4.78, 5) is 17.5. The SMILES string of the molecule is COC(=O)C1=C(CSc2nc(-c3ccccc3)cc(C(F)(F)F)c2C#N)OC(N)=C(C#N)C1c1ccc(C(C)C)cc1.